The number of likely N-dealkylation sites (tertiary alicyclic amines) is 2. The van der Waals surface area contributed by atoms with Crippen molar-refractivity contribution in [2.75, 3.05) is 18.4 Å². The Morgan fingerprint density at radius 1 is 0.702 bits per heavy atom. The van der Waals surface area contributed by atoms with Gasteiger partial charge in [-0.2, -0.15) is 26.3 Å². The van der Waals surface area contributed by atoms with Crippen molar-refractivity contribution in [3.05, 3.63) is 71.8 Å². The van der Waals surface area contributed by atoms with Crippen LogP contribution in [-0.2, 0) is 22.7 Å². The number of hydrogen-bond donors (Lipinski definition) is 0. The van der Waals surface area contributed by atoms with Gasteiger partial charge in [0.15, 0.2) is 0 Å². The first-order chi connectivity index (χ1) is 22.3. The molecule has 1 unspecified atom stereocenters. The summed E-state index contributed by atoms with van der Waals surface area (Å²) in [5, 5.41) is 0.671. The Morgan fingerprint density at radius 3 is 1.62 bits per heavy atom. The topological polar surface area (TPSA) is 40.6 Å². The maximum absolute atomic E-state index is 12.9. The zero-order valence-electron chi connectivity index (χ0n) is 26.7. The molecule has 2 aromatic rings. The molecule has 0 radical (unpaired) electrons. The minimum Gasteiger partial charge on any atom is -0.338 e. The maximum Gasteiger partial charge on any atom is 0.394 e. The van der Waals surface area contributed by atoms with Crippen LogP contribution in [0.1, 0.15) is 88.2 Å². The molecular formula is C36H45BrF6N2O2. The number of carbonyl (C=O) groups is 2. The molecule has 2 saturated carbocycles. The molecule has 6 rings (SSSR count). The van der Waals surface area contributed by atoms with E-state index < -0.39 is 23.2 Å². The first-order valence-corrected chi connectivity index (χ1v) is 17.8. The second-order valence-corrected chi connectivity index (χ2v) is 14.2. The summed E-state index contributed by atoms with van der Waals surface area (Å²) < 4.78 is 75.3. The number of halogens is 7. The fourth-order valence-electron chi connectivity index (χ4n) is 6.45. The van der Waals surface area contributed by atoms with Gasteiger partial charge in [-0.1, -0.05) is 83.0 Å². The highest BCUT2D eigenvalue weighted by Crippen LogP contribution is 2.61. The highest BCUT2D eigenvalue weighted by atomic mass is 79.9. The first kappa shape index (κ1) is 37.3. The van der Waals surface area contributed by atoms with Gasteiger partial charge in [0.25, 0.3) is 0 Å². The molecule has 11 heteroatoms. The highest BCUT2D eigenvalue weighted by molar-refractivity contribution is 9.09. The number of benzene rings is 2. The van der Waals surface area contributed by atoms with Crippen LogP contribution in [0.15, 0.2) is 60.7 Å². The van der Waals surface area contributed by atoms with Crippen molar-refractivity contribution in [2.45, 2.75) is 102 Å². The van der Waals surface area contributed by atoms with Gasteiger partial charge < -0.3 is 9.80 Å². The number of hydrogen-bond acceptors (Lipinski definition) is 2. The molecule has 260 valence electrons. The number of nitrogens with zero attached hydrogens (tertiary/aromatic N) is 2. The van der Waals surface area contributed by atoms with Crippen LogP contribution >= 0.6 is 15.9 Å². The molecule has 47 heavy (non-hydrogen) atoms. The maximum atomic E-state index is 12.9. The summed E-state index contributed by atoms with van der Waals surface area (Å²) in [5.41, 5.74) is -0.410. The minimum absolute atomic E-state index is 0.0947. The smallest absolute Gasteiger partial charge is 0.338 e. The highest BCUT2D eigenvalue weighted by Gasteiger charge is 2.63. The van der Waals surface area contributed by atoms with E-state index in [4.69, 9.17) is 0 Å². The second-order valence-electron chi connectivity index (χ2n) is 13.4. The number of rotatable bonds is 11. The fraction of sp³-hybridized carbons (Fsp3) is 0.611. The van der Waals surface area contributed by atoms with E-state index in [0.717, 1.165) is 37.9 Å². The summed E-state index contributed by atoms with van der Waals surface area (Å²) in [6, 6.07) is 19.9. The quantitative estimate of drug-likeness (QED) is 0.171. The van der Waals surface area contributed by atoms with Crippen molar-refractivity contribution in [1.82, 2.24) is 9.80 Å². The van der Waals surface area contributed by atoms with Gasteiger partial charge in [-0.05, 0) is 75.3 Å². The third-order valence-corrected chi connectivity index (χ3v) is 10.5. The lowest BCUT2D eigenvalue weighted by Crippen LogP contribution is -2.27. The number of carbonyl (C=O) groups excluding carboxylic acids is 2. The molecule has 0 N–H and O–H groups in total. The third kappa shape index (κ3) is 10.5. The minimum atomic E-state index is -4.08. The number of alkyl halides is 7. The van der Waals surface area contributed by atoms with Crippen molar-refractivity contribution >= 4 is 27.7 Å². The van der Waals surface area contributed by atoms with Crippen molar-refractivity contribution in [2.24, 2.45) is 16.7 Å². The molecule has 2 heterocycles. The molecule has 0 spiro atoms. The van der Waals surface area contributed by atoms with Gasteiger partial charge >= 0.3 is 12.4 Å². The SMILES string of the molecule is FC(F)(F)C1(CCCBr)CC1.O=C1C(CCCC2(C(F)(F)F)CC2)CCN1Cc1ccccc1.O=C1CCCN1Cc1ccccc1. The summed E-state index contributed by atoms with van der Waals surface area (Å²) in [6.45, 7) is 3.01. The normalized spacial score (nSPS) is 21.1. The van der Waals surface area contributed by atoms with E-state index >= 15 is 0 Å². The van der Waals surface area contributed by atoms with Gasteiger partial charge in [-0.3, -0.25) is 9.59 Å². The van der Waals surface area contributed by atoms with E-state index in [1.54, 1.807) is 0 Å². The van der Waals surface area contributed by atoms with E-state index in [1.165, 1.54) is 5.56 Å². The molecule has 0 aromatic heterocycles. The van der Waals surface area contributed by atoms with E-state index in [0.29, 0.717) is 62.9 Å². The lowest BCUT2D eigenvalue weighted by molar-refractivity contribution is -0.189. The summed E-state index contributed by atoms with van der Waals surface area (Å²) >= 11 is 3.13. The Kier molecular flexibility index (Phi) is 12.9. The summed E-state index contributed by atoms with van der Waals surface area (Å²) in [6.07, 6.45) is -2.15. The summed E-state index contributed by atoms with van der Waals surface area (Å²) in [5.74, 6) is 0.303. The van der Waals surface area contributed by atoms with E-state index in [2.05, 4.69) is 28.1 Å². The van der Waals surface area contributed by atoms with E-state index in [9.17, 15) is 35.9 Å². The molecule has 1 atom stereocenters. The second kappa shape index (κ2) is 16.2. The van der Waals surface area contributed by atoms with Gasteiger partial charge in [0.05, 0.1) is 10.8 Å². The van der Waals surface area contributed by atoms with E-state index in [-0.39, 0.29) is 31.1 Å². The van der Waals surface area contributed by atoms with Crippen molar-refractivity contribution < 1.29 is 35.9 Å². The lowest BCUT2D eigenvalue weighted by Gasteiger charge is -2.20. The van der Waals surface area contributed by atoms with Gasteiger partial charge in [0.2, 0.25) is 11.8 Å². The Morgan fingerprint density at radius 2 is 1.19 bits per heavy atom. The van der Waals surface area contributed by atoms with Crippen LogP contribution in [0.2, 0.25) is 0 Å². The van der Waals surface area contributed by atoms with Gasteiger partial charge in [0, 0.05) is 43.8 Å². The van der Waals surface area contributed by atoms with Gasteiger partial charge in [-0.15, -0.1) is 0 Å². The van der Waals surface area contributed by atoms with Crippen molar-refractivity contribution in [3.8, 4) is 0 Å². The molecule has 2 aliphatic heterocycles. The zero-order chi connectivity index (χ0) is 34.1. The predicted molar refractivity (Wildman–Crippen MR) is 173 cm³/mol. The average molecular weight is 732 g/mol. The Bertz CT molecular complexity index is 1280. The van der Waals surface area contributed by atoms with Crippen LogP contribution in [0.4, 0.5) is 26.3 Å². The molecular weight excluding hydrogens is 686 g/mol. The Balaban J connectivity index is 0.000000176. The van der Waals surface area contributed by atoms with Crippen molar-refractivity contribution in [3.63, 3.8) is 0 Å². The lowest BCUT2D eigenvalue weighted by atomic mass is 9.93. The third-order valence-electron chi connectivity index (χ3n) is 9.92. The molecule has 0 bridgehead atoms. The van der Waals surface area contributed by atoms with Gasteiger partial charge in [0.1, 0.15) is 0 Å². The Labute approximate surface area is 282 Å². The largest absolute Gasteiger partial charge is 0.394 e. The molecule has 2 aromatic carbocycles. The van der Waals surface area contributed by atoms with Crippen LogP contribution < -0.4 is 0 Å². The first-order valence-electron chi connectivity index (χ1n) is 16.6. The molecule has 4 aliphatic rings. The van der Waals surface area contributed by atoms with Crippen molar-refractivity contribution in [1.29, 1.82) is 0 Å². The van der Waals surface area contributed by atoms with Crippen LogP contribution in [0, 0.1) is 16.7 Å². The summed E-state index contributed by atoms with van der Waals surface area (Å²) in [7, 11) is 0. The Hall–Kier alpha value is -2.56. The van der Waals surface area contributed by atoms with Crippen LogP contribution in [0.5, 0.6) is 0 Å². The average Bonchev–Trinajstić information content (AvgIpc) is 3.95. The van der Waals surface area contributed by atoms with Gasteiger partial charge in [-0.25, -0.2) is 0 Å². The molecule has 4 nitrogen and oxygen atoms in total. The van der Waals surface area contributed by atoms with E-state index in [1.807, 2.05) is 58.3 Å². The molecule has 2 saturated heterocycles. The monoisotopic (exact) mass is 730 g/mol. The fourth-order valence-corrected chi connectivity index (χ4v) is 6.73. The zero-order valence-corrected chi connectivity index (χ0v) is 28.3. The predicted octanol–water partition coefficient (Wildman–Crippen LogP) is 9.86. The molecule has 2 amide bonds. The molecule has 4 fully saturated rings. The molecule has 2 aliphatic carbocycles. The summed E-state index contributed by atoms with van der Waals surface area (Å²) in [4.78, 5) is 27.4. The standard InChI is InChI=1S/C18H22F3NO.C11H13NO.C7H10BrF3/c19-18(20,21)17(10-11-17)9-4-7-15-8-12-22(16(15)23)13-14-5-2-1-3-6-14;13-11-7-4-8-12(11)9-10-5-2-1-3-6-10;8-5-1-2-6(3-4-6)7(9,10)11/h1-3,5-6,15H,4,7-13H2;1-3,5-6H,4,7-9H2;1-5H2. The number of amides is 2. The van der Waals surface area contributed by atoms with Crippen LogP contribution in [0.3, 0.4) is 0 Å². The van der Waals surface area contributed by atoms with Crippen LogP contribution in [-0.4, -0.2) is 52.4 Å². The van der Waals surface area contributed by atoms with Crippen LogP contribution in [0.25, 0.3) is 0 Å².